The smallest absolute Gasteiger partial charge is 0.293 e. The number of anilines is 1. The maximum absolute atomic E-state index is 11.4. The molecule has 0 fully saturated rings. The van der Waals surface area contributed by atoms with Gasteiger partial charge in [-0.05, 0) is 24.6 Å². The van der Waals surface area contributed by atoms with E-state index in [1.54, 1.807) is 24.1 Å². The monoisotopic (exact) mass is 284 g/mol. The van der Waals surface area contributed by atoms with Crippen LogP contribution in [0.4, 0.5) is 11.4 Å². The molecule has 2 aromatic rings. The predicted molar refractivity (Wildman–Crippen MR) is 81.6 cm³/mol. The fourth-order valence-electron chi connectivity index (χ4n) is 2.15. The van der Waals surface area contributed by atoms with E-state index in [1.165, 1.54) is 13.0 Å². The zero-order valence-electron chi connectivity index (χ0n) is 11.9. The van der Waals surface area contributed by atoms with Crippen LogP contribution in [0.5, 0.6) is 0 Å². The van der Waals surface area contributed by atoms with Crippen molar-refractivity contribution in [3.8, 4) is 0 Å². The summed E-state index contributed by atoms with van der Waals surface area (Å²) in [5.74, 6) is -0.185. The highest BCUT2D eigenvalue weighted by Crippen LogP contribution is 2.29. The van der Waals surface area contributed by atoms with E-state index < -0.39 is 4.92 Å². The number of hydrogen-bond acceptors (Lipinski definition) is 4. The summed E-state index contributed by atoms with van der Waals surface area (Å²) in [6.07, 6.45) is 0. The number of Topliss-reactive ketones (excluding diaryl/α,β-unsaturated/α-hetero) is 1. The first kappa shape index (κ1) is 14.7. The van der Waals surface area contributed by atoms with Crippen LogP contribution < -0.4 is 4.90 Å². The number of benzene rings is 2. The molecule has 2 aromatic carbocycles. The molecule has 108 valence electrons. The van der Waals surface area contributed by atoms with Gasteiger partial charge in [0.2, 0.25) is 0 Å². The molecule has 0 aliphatic rings. The Bertz CT molecular complexity index is 668. The van der Waals surface area contributed by atoms with E-state index in [2.05, 4.69) is 0 Å². The van der Waals surface area contributed by atoms with Crippen molar-refractivity contribution < 1.29 is 9.72 Å². The maximum Gasteiger partial charge on any atom is 0.293 e. The van der Waals surface area contributed by atoms with Gasteiger partial charge in [0.1, 0.15) is 5.69 Å². The van der Waals surface area contributed by atoms with Gasteiger partial charge in [0, 0.05) is 25.2 Å². The first-order chi connectivity index (χ1) is 9.99. The fraction of sp³-hybridized carbons (Fsp3) is 0.188. The zero-order valence-corrected chi connectivity index (χ0v) is 11.9. The van der Waals surface area contributed by atoms with E-state index in [0.717, 1.165) is 5.56 Å². The van der Waals surface area contributed by atoms with Gasteiger partial charge >= 0.3 is 0 Å². The van der Waals surface area contributed by atoms with Gasteiger partial charge in [0.15, 0.2) is 5.78 Å². The lowest BCUT2D eigenvalue weighted by molar-refractivity contribution is -0.384. The van der Waals surface area contributed by atoms with Crippen molar-refractivity contribution in [1.29, 1.82) is 0 Å². The van der Waals surface area contributed by atoms with Gasteiger partial charge in [-0.15, -0.1) is 0 Å². The number of carbonyl (C=O) groups excluding carboxylic acids is 1. The van der Waals surface area contributed by atoms with Crippen molar-refractivity contribution in [2.45, 2.75) is 13.5 Å². The third kappa shape index (κ3) is 3.45. The molecule has 0 bridgehead atoms. The highest BCUT2D eigenvalue weighted by molar-refractivity contribution is 5.95. The molecule has 5 heteroatoms. The summed E-state index contributed by atoms with van der Waals surface area (Å²) in [4.78, 5) is 23.9. The summed E-state index contributed by atoms with van der Waals surface area (Å²) in [6.45, 7) is 1.95. The van der Waals surface area contributed by atoms with Gasteiger partial charge in [-0.2, -0.15) is 0 Å². The number of rotatable bonds is 5. The number of nitrogens with zero attached hydrogens (tertiary/aromatic N) is 2. The molecule has 0 amide bonds. The summed E-state index contributed by atoms with van der Waals surface area (Å²) in [6, 6.07) is 14.3. The van der Waals surface area contributed by atoms with E-state index in [0.29, 0.717) is 17.8 Å². The van der Waals surface area contributed by atoms with Crippen LogP contribution in [-0.4, -0.2) is 17.8 Å². The van der Waals surface area contributed by atoms with Crippen LogP contribution in [0.2, 0.25) is 0 Å². The number of carbonyl (C=O) groups is 1. The molecule has 0 saturated carbocycles. The first-order valence-corrected chi connectivity index (χ1v) is 6.53. The Balaban J connectivity index is 2.34. The van der Waals surface area contributed by atoms with Crippen LogP contribution in [-0.2, 0) is 6.54 Å². The lowest BCUT2D eigenvalue weighted by Crippen LogP contribution is -2.18. The Morgan fingerprint density at radius 3 is 2.43 bits per heavy atom. The Hall–Kier alpha value is -2.69. The standard InChI is InChI=1S/C16H16N2O3/c1-12(19)14-8-9-15(16(10-14)18(20)21)17(2)11-13-6-4-3-5-7-13/h3-10H,11H2,1-2H3. The quantitative estimate of drug-likeness (QED) is 0.479. The molecule has 0 aliphatic heterocycles. The number of nitro groups is 1. The minimum atomic E-state index is -0.455. The molecule has 0 spiro atoms. The van der Waals surface area contributed by atoms with Crippen LogP contribution in [0.1, 0.15) is 22.8 Å². The normalized spacial score (nSPS) is 10.2. The summed E-state index contributed by atoms with van der Waals surface area (Å²) in [7, 11) is 1.79. The molecular weight excluding hydrogens is 268 g/mol. The second-order valence-corrected chi connectivity index (χ2v) is 4.86. The van der Waals surface area contributed by atoms with E-state index in [4.69, 9.17) is 0 Å². The third-order valence-electron chi connectivity index (χ3n) is 3.25. The SMILES string of the molecule is CC(=O)c1ccc(N(C)Cc2ccccc2)c([N+](=O)[O-])c1. The van der Waals surface area contributed by atoms with E-state index in [-0.39, 0.29) is 11.5 Å². The van der Waals surface area contributed by atoms with Crippen LogP contribution >= 0.6 is 0 Å². The molecule has 0 unspecified atom stereocenters. The zero-order chi connectivity index (χ0) is 15.4. The lowest BCUT2D eigenvalue weighted by atomic mass is 10.1. The van der Waals surface area contributed by atoms with Crippen molar-refractivity contribution in [3.05, 3.63) is 69.8 Å². The Kier molecular flexibility index (Phi) is 4.33. The molecular formula is C16H16N2O3. The Morgan fingerprint density at radius 2 is 1.86 bits per heavy atom. The van der Waals surface area contributed by atoms with Crippen molar-refractivity contribution in [2.75, 3.05) is 11.9 Å². The molecule has 0 N–H and O–H groups in total. The summed E-state index contributed by atoms with van der Waals surface area (Å²) in [5.41, 5.74) is 1.85. The van der Waals surface area contributed by atoms with E-state index >= 15 is 0 Å². The number of hydrogen-bond donors (Lipinski definition) is 0. The minimum absolute atomic E-state index is 0.0545. The van der Waals surface area contributed by atoms with Gasteiger partial charge in [0.25, 0.3) is 5.69 Å². The maximum atomic E-state index is 11.4. The van der Waals surface area contributed by atoms with Crippen LogP contribution in [0.25, 0.3) is 0 Å². The fourth-order valence-corrected chi connectivity index (χ4v) is 2.15. The van der Waals surface area contributed by atoms with Gasteiger partial charge in [-0.3, -0.25) is 14.9 Å². The highest BCUT2D eigenvalue weighted by Gasteiger charge is 2.19. The largest absolute Gasteiger partial charge is 0.365 e. The second kappa shape index (κ2) is 6.17. The molecule has 2 rings (SSSR count). The van der Waals surface area contributed by atoms with Crippen molar-refractivity contribution in [3.63, 3.8) is 0 Å². The third-order valence-corrected chi connectivity index (χ3v) is 3.25. The average Bonchev–Trinajstić information content (AvgIpc) is 2.47. The molecule has 0 aliphatic carbocycles. The number of nitro benzene ring substituents is 1. The van der Waals surface area contributed by atoms with E-state index in [9.17, 15) is 14.9 Å². The molecule has 0 saturated heterocycles. The van der Waals surface area contributed by atoms with Gasteiger partial charge in [0.05, 0.1) is 4.92 Å². The molecule has 0 atom stereocenters. The van der Waals surface area contributed by atoms with Gasteiger partial charge in [-0.25, -0.2) is 0 Å². The van der Waals surface area contributed by atoms with Gasteiger partial charge in [-0.1, -0.05) is 30.3 Å². The average molecular weight is 284 g/mol. The molecule has 0 aromatic heterocycles. The minimum Gasteiger partial charge on any atom is -0.365 e. The molecule has 5 nitrogen and oxygen atoms in total. The van der Waals surface area contributed by atoms with Gasteiger partial charge < -0.3 is 4.90 Å². The molecule has 0 radical (unpaired) electrons. The second-order valence-electron chi connectivity index (χ2n) is 4.86. The van der Waals surface area contributed by atoms with E-state index in [1.807, 2.05) is 30.3 Å². The predicted octanol–water partition coefficient (Wildman–Crippen LogP) is 3.43. The van der Waals surface area contributed by atoms with Crippen molar-refractivity contribution in [2.24, 2.45) is 0 Å². The van der Waals surface area contributed by atoms with Crippen LogP contribution in [0.3, 0.4) is 0 Å². The van der Waals surface area contributed by atoms with Crippen molar-refractivity contribution in [1.82, 2.24) is 0 Å². The lowest BCUT2D eigenvalue weighted by Gasteiger charge is -2.19. The first-order valence-electron chi connectivity index (χ1n) is 6.53. The Labute approximate surface area is 123 Å². The van der Waals surface area contributed by atoms with Crippen LogP contribution in [0, 0.1) is 10.1 Å². The molecule has 21 heavy (non-hydrogen) atoms. The summed E-state index contributed by atoms with van der Waals surface area (Å²) < 4.78 is 0. The topological polar surface area (TPSA) is 63.5 Å². The van der Waals surface area contributed by atoms with Crippen molar-refractivity contribution >= 4 is 17.2 Å². The Morgan fingerprint density at radius 1 is 1.19 bits per heavy atom. The molecule has 0 heterocycles. The summed E-state index contributed by atoms with van der Waals surface area (Å²) in [5, 5.41) is 11.2. The van der Waals surface area contributed by atoms with Crippen LogP contribution in [0.15, 0.2) is 48.5 Å². The summed E-state index contributed by atoms with van der Waals surface area (Å²) >= 11 is 0. The number of ketones is 1. The highest BCUT2D eigenvalue weighted by atomic mass is 16.6.